The van der Waals surface area contributed by atoms with Crippen molar-refractivity contribution >= 4 is 17.7 Å². The summed E-state index contributed by atoms with van der Waals surface area (Å²) in [7, 11) is 4.87. The first-order chi connectivity index (χ1) is 17.1. The molecular weight excluding hydrogens is 466 g/mol. The molecule has 2 N–H and O–H groups in total. The minimum Gasteiger partial charge on any atom is -0.497 e. The molecule has 186 valence electrons. The lowest BCUT2D eigenvalue weighted by Crippen LogP contribution is -2.17. The Morgan fingerprint density at radius 3 is 2.14 bits per heavy atom. The van der Waals surface area contributed by atoms with E-state index in [-0.39, 0.29) is 5.91 Å². The number of hydrogen-bond acceptors (Lipinski definition) is 8. The number of ether oxygens (including phenoxy) is 3. The number of thioether (sulfide) groups is 1. The lowest BCUT2D eigenvalue weighted by Gasteiger charge is -2.12. The van der Waals surface area contributed by atoms with Crippen molar-refractivity contribution in [1.82, 2.24) is 15.4 Å². The molecule has 0 bridgehead atoms. The molecule has 1 aromatic heterocycles. The predicted octanol–water partition coefficient (Wildman–Crippen LogP) is 5.38. The van der Waals surface area contributed by atoms with Crippen LogP contribution in [0.4, 0.5) is 0 Å². The maximum absolute atomic E-state index is 11.1. The van der Waals surface area contributed by atoms with Crippen LogP contribution in [0.1, 0.15) is 32.1 Å². The molecule has 1 amide bonds. The van der Waals surface area contributed by atoms with Crippen LogP contribution >= 0.6 is 11.8 Å². The van der Waals surface area contributed by atoms with Gasteiger partial charge < -0.3 is 14.2 Å². The van der Waals surface area contributed by atoms with Gasteiger partial charge in [0.15, 0.2) is 16.7 Å². The van der Waals surface area contributed by atoms with Crippen LogP contribution in [0, 0.1) is 0 Å². The van der Waals surface area contributed by atoms with E-state index < -0.39 is 0 Å². The number of rotatable bonds is 13. The van der Waals surface area contributed by atoms with Gasteiger partial charge in [0.1, 0.15) is 5.75 Å². The average molecular weight is 498 g/mol. The molecule has 1 heterocycles. The van der Waals surface area contributed by atoms with Crippen LogP contribution in [0.3, 0.4) is 0 Å². The fraction of sp³-hybridized carbons (Fsp3) is 0.346. The van der Waals surface area contributed by atoms with E-state index in [4.69, 9.17) is 29.4 Å². The fourth-order valence-electron chi connectivity index (χ4n) is 3.50. The van der Waals surface area contributed by atoms with Crippen molar-refractivity contribution in [3.8, 4) is 39.8 Å². The van der Waals surface area contributed by atoms with E-state index >= 15 is 0 Å². The Hall–Kier alpha value is -3.30. The Balaban J connectivity index is 1.78. The molecule has 0 aliphatic rings. The largest absolute Gasteiger partial charge is 0.497 e. The third-order valence-electron chi connectivity index (χ3n) is 5.42. The lowest BCUT2D eigenvalue weighted by molar-refractivity contribution is -0.129. The van der Waals surface area contributed by atoms with E-state index in [1.807, 2.05) is 48.5 Å². The molecule has 0 radical (unpaired) electrons. The third-order valence-corrected chi connectivity index (χ3v) is 6.36. The van der Waals surface area contributed by atoms with Gasteiger partial charge in [-0.3, -0.25) is 10.0 Å². The summed E-state index contributed by atoms with van der Waals surface area (Å²) in [6, 6.07) is 15.5. The molecule has 35 heavy (non-hydrogen) atoms. The number of hydrogen-bond donors (Lipinski definition) is 2. The van der Waals surface area contributed by atoms with Crippen LogP contribution in [-0.4, -0.2) is 48.2 Å². The Morgan fingerprint density at radius 1 is 0.829 bits per heavy atom. The first-order valence-electron chi connectivity index (χ1n) is 11.4. The summed E-state index contributed by atoms with van der Waals surface area (Å²) in [5.41, 5.74) is 5.16. The molecule has 3 rings (SSSR count). The summed E-state index contributed by atoms with van der Waals surface area (Å²) in [5.74, 6) is 2.61. The number of nitrogens with one attached hydrogen (secondary N) is 1. The Bertz CT molecular complexity index is 1110. The van der Waals surface area contributed by atoms with E-state index in [0.29, 0.717) is 23.1 Å². The molecule has 8 nitrogen and oxygen atoms in total. The highest BCUT2D eigenvalue weighted by Gasteiger charge is 2.12. The second-order valence-corrected chi connectivity index (χ2v) is 8.83. The smallest absolute Gasteiger partial charge is 0.243 e. The third kappa shape index (κ3) is 7.60. The second-order valence-electron chi connectivity index (χ2n) is 7.77. The zero-order chi connectivity index (χ0) is 25.0. The first-order valence-corrected chi connectivity index (χ1v) is 12.4. The minimum absolute atomic E-state index is 0.339. The Kier molecular flexibility index (Phi) is 10.2. The lowest BCUT2D eigenvalue weighted by atomic mass is 10.1. The standard InChI is InChI=1S/C26H31N3O5S/c1-32-20-12-9-18(10-13-20)21-17-22(19-11-14-23(33-2)24(16-19)34-3)28-26(27-21)35-15-7-5-4-6-8-25(30)29-31/h9-14,16-17,31H,4-8,15H2,1-3H3,(H,29,30). The molecule has 0 unspecified atom stereocenters. The summed E-state index contributed by atoms with van der Waals surface area (Å²) in [6.07, 6.45) is 3.99. The van der Waals surface area contributed by atoms with Crippen LogP contribution < -0.4 is 19.7 Å². The molecule has 0 saturated heterocycles. The molecule has 0 fully saturated rings. The van der Waals surface area contributed by atoms with Crippen molar-refractivity contribution in [2.75, 3.05) is 27.1 Å². The van der Waals surface area contributed by atoms with Gasteiger partial charge in [-0.05, 0) is 61.4 Å². The van der Waals surface area contributed by atoms with Crippen molar-refractivity contribution in [2.45, 2.75) is 37.3 Å². The van der Waals surface area contributed by atoms with Crippen molar-refractivity contribution < 1.29 is 24.2 Å². The zero-order valence-electron chi connectivity index (χ0n) is 20.2. The summed E-state index contributed by atoms with van der Waals surface area (Å²) < 4.78 is 16.1. The van der Waals surface area contributed by atoms with Gasteiger partial charge in [-0.2, -0.15) is 0 Å². The maximum Gasteiger partial charge on any atom is 0.243 e. The molecule has 9 heteroatoms. The maximum atomic E-state index is 11.1. The van der Waals surface area contributed by atoms with Crippen molar-refractivity contribution in [3.05, 3.63) is 48.5 Å². The number of amides is 1. The number of carbonyl (C=O) groups is 1. The fourth-order valence-corrected chi connectivity index (χ4v) is 4.36. The van der Waals surface area contributed by atoms with Gasteiger partial charge >= 0.3 is 0 Å². The van der Waals surface area contributed by atoms with Gasteiger partial charge in [0.05, 0.1) is 32.7 Å². The number of aromatic nitrogens is 2. The summed E-state index contributed by atoms with van der Waals surface area (Å²) in [4.78, 5) is 20.7. The zero-order valence-corrected chi connectivity index (χ0v) is 21.1. The average Bonchev–Trinajstić information content (AvgIpc) is 2.91. The molecule has 0 aliphatic heterocycles. The molecule has 0 saturated carbocycles. The summed E-state index contributed by atoms with van der Waals surface area (Å²) in [5, 5.41) is 9.25. The topological polar surface area (TPSA) is 103 Å². The number of hydroxylamine groups is 1. The van der Waals surface area contributed by atoms with Crippen molar-refractivity contribution in [3.63, 3.8) is 0 Å². The summed E-state index contributed by atoms with van der Waals surface area (Å²) in [6.45, 7) is 0. The number of carbonyl (C=O) groups excluding carboxylic acids is 1. The summed E-state index contributed by atoms with van der Waals surface area (Å²) >= 11 is 1.61. The van der Waals surface area contributed by atoms with Gasteiger partial charge in [-0.25, -0.2) is 15.4 Å². The monoisotopic (exact) mass is 497 g/mol. The molecular formula is C26H31N3O5S. The van der Waals surface area contributed by atoms with Gasteiger partial charge in [0.25, 0.3) is 0 Å². The van der Waals surface area contributed by atoms with Crippen molar-refractivity contribution in [2.24, 2.45) is 0 Å². The van der Waals surface area contributed by atoms with Crippen molar-refractivity contribution in [1.29, 1.82) is 0 Å². The van der Waals surface area contributed by atoms with E-state index in [0.717, 1.165) is 59.7 Å². The van der Waals surface area contributed by atoms with Gasteiger partial charge in [0, 0.05) is 23.3 Å². The van der Waals surface area contributed by atoms with Crippen LogP contribution in [0.2, 0.25) is 0 Å². The van der Waals surface area contributed by atoms with Gasteiger partial charge in [-0.1, -0.05) is 24.6 Å². The van der Waals surface area contributed by atoms with E-state index in [1.165, 1.54) is 0 Å². The normalized spacial score (nSPS) is 10.6. The molecule has 0 atom stereocenters. The predicted molar refractivity (Wildman–Crippen MR) is 136 cm³/mol. The number of methoxy groups -OCH3 is 3. The minimum atomic E-state index is -0.342. The number of benzene rings is 2. The van der Waals surface area contributed by atoms with E-state index in [9.17, 15) is 4.79 Å². The number of unbranched alkanes of at least 4 members (excludes halogenated alkanes) is 3. The van der Waals surface area contributed by atoms with Crippen LogP contribution in [0.15, 0.2) is 53.7 Å². The molecule has 0 aliphatic carbocycles. The van der Waals surface area contributed by atoms with Gasteiger partial charge in [0.2, 0.25) is 5.91 Å². The van der Waals surface area contributed by atoms with E-state index in [2.05, 4.69) is 0 Å². The van der Waals surface area contributed by atoms with Crippen LogP contribution in [-0.2, 0) is 4.79 Å². The molecule has 2 aromatic carbocycles. The highest BCUT2D eigenvalue weighted by molar-refractivity contribution is 7.99. The Labute approximate surface area is 210 Å². The van der Waals surface area contributed by atoms with E-state index in [1.54, 1.807) is 38.6 Å². The first kappa shape index (κ1) is 26.3. The SMILES string of the molecule is COc1ccc(-c2cc(-c3ccc(OC)c(OC)c3)nc(SCCCCCCC(=O)NO)n2)cc1. The van der Waals surface area contributed by atoms with Crippen LogP contribution in [0.5, 0.6) is 17.2 Å². The quantitative estimate of drug-likeness (QED) is 0.107. The molecule has 3 aromatic rings. The van der Waals surface area contributed by atoms with Gasteiger partial charge in [-0.15, -0.1) is 0 Å². The highest BCUT2D eigenvalue weighted by Crippen LogP contribution is 2.34. The second kappa shape index (κ2) is 13.6. The molecule has 0 spiro atoms. The highest BCUT2D eigenvalue weighted by atomic mass is 32.2. The Morgan fingerprint density at radius 2 is 1.49 bits per heavy atom. The van der Waals surface area contributed by atoms with Crippen LogP contribution in [0.25, 0.3) is 22.5 Å². The number of nitrogens with zero attached hydrogens (tertiary/aromatic N) is 2.